The maximum absolute atomic E-state index is 11.9. The molecule has 4 nitrogen and oxygen atoms in total. The highest BCUT2D eigenvalue weighted by Gasteiger charge is 2.05. The summed E-state index contributed by atoms with van der Waals surface area (Å²) in [5.41, 5.74) is 1.90. The fourth-order valence-electron chi connectivity index (χ4n) is 2.13. The van der Waals surface area contributed by atoms with Crippen LogP contribution in [0.25, 0.3) is 5.52 Å². The molecule has 0 bridgehead atoms. The van der Waals surface area contributed by atoms with E-state index in [4.69, 9.17) is 0 Å². The van der Waals surface area contributed by atoms with Crippen LogP contribution in [0.15, 0.2) is 65.7 Å². The molecule has 0 saturated heterocycles. The lowest BCUT2D eigenvalue weighted by molar-refractivity contribution is -0.120. The average molecular weight is 311 g/mol. The minimum absolute atomic E-state index is 0.0560. The van der Waals surface area contributed by atoms with Crippen molar-refractivity contribution in [1.82, 2.24) is 14.9 Å². The van der Waals surface area contributed by atoms with Gasteiger partial charge in [0.05, 0.1) is 17.8 Å². The van der Waals surface area contributed by atoms with Crippen LogP contribution in [0.1, 0.15) is 12.1 Å². The molecule has 0 spiro atoms. The van der Waals surface area contributed by atoms with Crippen LogP contribution in [0.5, 0.6) is 0 Å². The second-order valence-corrected chi connectivity index (χ2v) is 6.06. The lowest BCUT2D eigenvalue weighted by atomic mass is 10.3. The van der Waals surface area contributed by atoms with Crippen molar-refractivity contribution in [1.29, 1.82) is 0 Å². The SMILES string of the molecule is O=C(CCSc1ccccc1)NCc1cc2ccccn2n1. The van der Waals surface area contributed by atoms with Crippen molar-refractivity contribution < 1.29 is 4.79 Å². The first kappa shape index (κ1) is 14.7. The van der Waals surface area contributed by atoms with Crippen molar-refractivity contribution in [2.45, 2.75) is 17.9 Å². The second-order valence-electron chi connectivity index (χ2n) is 4.89. The molecule has 1 aromatic carbocycles. The zero-order chi connectivity index (χ0) is 15.2. The third-order valence-electron chi connectivity index (χ3n) is 3.23. The van der Waals surface area contributed by atoms with E-state index in [0.29, 0.717) is 13.0 Å². The molecular formula is C17H17N3OS. The summed E-state index contributed by atoms with van der Waals surface area (Å²) in [4.78, 5) is 13.1. The predicted octanol–water partition coefficient (Wildman–Crippen LogP) is 3.13. The van der Waals surface area contributed by atoms with Gasteiger partial charge in [0, 0.05) is 23.3 Å². The summed E-state index contributed by atoms with van der Waals surface area (Å²) in [7, 11) is 0. The minimum Gasteiger partial charge on any atom is -0.350 e. The average Bonchev–Trinajstić information content (AvgIpc) is 2.97. The maximum atomic E-state index is 11.9. The van der Waals surface area contributed by atoms with Gasteiger partial charge in [0.2, 0.25) is 5.91 Å². The number of benzene rings is 1. The largest absolute Gasteiger partial charge is 0.350 e. The Bertz CT molecular complexity index is 722. The zero-order valence-electron chi connectivity index (χ0n) is 12.1. The van der Waals surface area contributed by atoms with E-state index in [-0.39, 0.29) is 5.91 Å². The maximum Gasteiger partial charge on any atom is 0.221 e. The van der Waals surface area contributed by atoms with Crippen molar-refractivity contribution in [2.24, 2.45) is 0 Å². The Hall–Kier alpha value is -2.27. The molecule has 0 fully saturated rings. The highest BCUT2D eigenvalue weighted by Crippen LogP contribution is 2.17. The molecule has 0 aliphatic carbocycles. The van der Waals surface area contributed by atoms with Gasteiger partial charge in [0.15, 0.2) is 0 Å². The van der Waals surface area contributed by atoms with Crippen molar-refractivity contribution >= 4 is 23.2 Å². The number of hydrogen-bond acceptors (Lipinski definition) is 3. The molecule has 0 unspecified atom stereocenters. The highest BCUT2D eigenvalue weighted by molar-refractivity contribution is 7.99. The molecular weight excluding hydrogens is 294 g/mol. The van der Waals surface area contributed by atoms with Crippen LogP contribution in [0.3, 0.4) is 0 Å². The number of fused-ring (bicyclic) bond motifs is 1. The van der Waals surface area contributed by atoms with Gasteiger partial charge in [-0.05, 0) is 30.3 Å². The van der Waals surface area contributed by atoms with Gasteiger partial charge in [-0.15, -0.1) is 11.8 Å². The number of nitrogens with zero attached hydrogens (tertiary/aromatic N) is 2. The van der Waals surface area contributed by atoms with Crippen LogP contribution >= 0.6 is 11.8 Å². The van der Waals surface area contributed by atoms with E-state index >= 15 is 0 Å². The summed E-state index contributed by atoms with van der Waals surface area (Å²) in [6.07, 6.45) is 2.41. The molecule has 3 rings (SSSR count). The molecule has 0 atom stereocenters. The molecule has 0 saturated carbocycles. The van der Waals surface area contributed by atoms with E-state index in [0.717, 1.165) is 17.0 Å². The van der Waals surface area contributed by atoms with Gasteiger partial charge in [0.1, 0.15) is 0 Å². The zero-order valence-corrected chi connectivity index (χ0v) is 12.9. The number of carbonyl (C=O) groups excluding carboxylic acids is 1. The molecule has 2 aromatic heterocycles. The third kappa shape index (κ3) is 3.89. The van der Waals surface area contributed by atoms with Gasteiger partial charge < -0.3 is 5.32 Å². The molecule has 1 amide bonds. The summed E-state index contributed by atoms with van der Waals surface area (Å²) in [6, 6.07) is 18.0. The number of aromatic nitrogens is 2. The summed E-state index contributed by atoms with van der Waals surface area (Å²) in [5.74, 6) is 0.835. The number of thioether (sulfide) groups is 1. The fraction of sp³-hybridized carbons (Fsp3) is 0.176. The Morgan fingerprint density at radius 2 is 1.95 bits per heavy atom. The Balaban J connectivity index is 1.44. The number of rotatable bonds is 6. The monoisotopic (exact) mass is 311 g/mol. The number of nitrogens with one attached hydrogen (secondary N) is 1. The summed E-state index contributed by atoms with van der Waals surface area (Å²) in [5, 5.41) is 7.33. The molecule has 3 aromatic rings. The Kier molecular flexibility index (Phi) is 4.75. The van der Waals surface area contributed by atoms with E-state index in [1.165, 1.54) is 4.90 Å². The lowest BCUT2D eigenvalue weighted by Crippen LogP contribution is -2.23. The number of pyridine rings is 1. The van der Waals surface area contributed by atoms with Gasteiger partial charge in [-0.1, -0.05) is 24.3 Å². The minimum atomic E-state index is 0.0560. The van der Waals surface area contributed by atoms with Crippen LogP contribution in [-0.4, -0.2) is 21.3 Å². The fourth-order valence-corrected chi connectivity index (χ4v) is 3.01. The molecule has 22 heavy (non-hydrogen) atoms. The molecule has 0 radical (unpaired) electrons. The van der Waals surface area contributed by atoms with Gasteiger partial charge in [-0.3, -0.25) is 4.79 Å². The van der Waals surface area contributed by atoms with E-state index < -0.39 is 0 Å². The Morgan fingerprint density at radius 3 is 2.77 bits per heavy atom. The summed E-state index contributed by atoms with van der Waals surface area (Å²) >= 11 is 1.69. The highest BCUT2D eigenvalue weighted by atomic mass is 32.2. The van der Waals surface area contributed by atoms with Crippen molar-refractivity contribution in [3.8, 4) is 0 Å². The van der Waals surface area contributed by atoms with Crippen LogP contribution in [-0.2, 0) is 11.3 Å². The first-order chi connectivity index (χ1) is 10.8. The van der Waals surface area contributed by atoms with Gasteiger partial charge in [-0.2, -0.15) is 5.10 Å². The van der Waals surface area contributed by atoms with Crippen molar-refractivity contribution in [3.63, 3.8) is 0 Å². The third-order valence-corrected chi connectivity index (χ3v) is 4.24. The van der Waals surface area contributed by atoms with Crippen LogP contribution in [0.2, 0.25) is 0 Å². The molecule has 2 heterocycles. The van der Waals surface area contributed by atoms with Crippen molar-refractivity contribution in [2.75, 3.05) is 5.75 Å². The molecule has 0 aliphatic heterocycles. The Morgan fingerprint density at radius 1 is 1.14 bits per heavy atom. The Labute approximate surface area is 133 Å². The first-order valence-electron chi connectivity index (χ1n) is 7.19. The molecule has 5 heteroatoms. The van der Waals surface area contributed by atoms with Crippen LogP contribution < -0.4 is 5.32 Å². The van der Waals surface area contributed by atoms with Crippen LogP contribution in [0, 0.1) is 0 Å². The second kappa shape index (κ2) is 7.13. The molecule has 0 aliphatic rings. The van der Waals surface area contributed by atoms with Gasteiger partial charge in [0.25, 0.3) is 0 Å². The van der Waals surface area contributed by atoms with E-state index in [1.54, 1.807) is 11.8 Å². The van der Waals surface area contributed by atoms with Gasteiger partial charge in [-0.25, -0.2) is 4.52 Å². The van der Waals surface area contributed by atoms with E-state index in [1.807, 2.05) is 53.2 Å². The lowest BCUT2D eigenvalue weighted by Gasteiger charge is -2.03. The number of carbonyl (C=O) groups is 1. The molecule has 1 N–H and O–H groups in total. The first-order valence-corrected chi connectivity index (χ1v) is 8.18. The smallest absolute Gasteiger partial charge is 0.221 e. The van der Waals surface area contributed by atoms with Crippen molar-refractivity contribution in [3.05, 3.63) is 66.5 Å². The normalized spacial score (nSPS) is 10.7. The quantitative estimate of drug-likeness (QED) is 0.711. The van der Waals surface area contributed by atoms with E-state index in [9.17, 15) is 4.79 Å². The number of hydrogen-bond donors (Lipinski definition) is 1. The predicted molar refractivity (Wildman–Crippen MR) is 88.8 cm³/mol. The summed E-state index contributed by atoms with van der Waals surface area (Å²) in [6.45, 7) is 0.469. The van der Waals surface area contributed by atoms with E-state index in [2.05, 4.69) is 22.5 Å². The van der Waals surface area contributed by atoms with Crippen LogP contribution in [0.4, 0.5) is 0 Å². The molecule has 112 valence electrons. The standard InChI is InChI=1S/C17H17N3OS/c21-17(9-11-22-16-7-2-1-3-8-16)18-13-14-12-15-6-4-5-10-20(15)19-14/h1-8,10,12H,9,11,13H2,(H,18,21). The van der Waals surface area contributed by atoms with Gasteiger partial charge >= 0.3 is 0 Å². The number of amides is 1. The topological polar surface area (TPSA) is 46.4 Å². The summed E-state index contributed by atoms with van der Waals surface area (Å²) < 4.78 is 1.81.